The van der Waals surface area contributed by atoms with E-state index in [4.69, 9.17) is 0 Å². The van der Waals surface area contributed by atoms with Crippen molar-refractivity contribution in [2.45, 2.75) is 46.2 Å². The van der Waals surface area contributed by atoms with Crippen molar-refractivity contribution in [1.29, 1.82) is 0 Å². The molecule has 4 nitrogen and oxygen atoms in total. The number of carbonyl (C=O) groups excluding carboxylic acids is 1. The fourth-order valence-electron chi connectivity index (χ4n) is 2.66. The molecule has 1 aromatic heterocycles. The van der Waals surface area contributed by atoms with E-state index >= 15 is 0 Å². The van der Waals surface area contributed by atoms with Crippen LogP contribution in [0, 0.1) is 5.92 Å². The number of nitrogens with zero attached hydrogens (tertiary/aromatic N) is 3. The Hall–Kier alpha value is -1.16. The molecule has 2 heterocycles. The van der Waals surface area contributed by atoms with Crippen molar-refractivity contribution in [2.75, 3.05) is 13.1 Å². The van der Waals surface area contributed by atoms with Crippen LogP contribution in [0.2, 0.25) is 0 Å². The zero-order chi connectivity index (χ0) is 13.0. The number of hydrogen-bond donors (Lipinski definition) is 0. The predicted octanol–water partition coefficient (Wildman–Crippen LogP) is 1.88. The topological polar surface area (TPSA) is 38.1 Å². The third kappa shape index (κ3) is 2.99. The first-order valence-corrected chi connectivity index (χ1v) is 7.00. The molecule has 18 heavy (non-hydrogen) atoms. The smallest absolute Gasteiger partial charge is 0.124 e. The second-order valence-electron chi connectivity index (χ2n) is 5.07. The molecule has 0 bridgehead atoms. The first-order valence-electron chi connectivity index (χ1n) is 7.00. The number of hydrogen-bond acceptors (Lipinski definition) is 3. The van der Waals surface area contributed by atoms with Crippen molar-refractivity contribution < 1.29 is 4.79 Å². The van der Waals surface area contributed by atoms with Crippen molar-refractivity contribution in [3.8, 4) is 0 Å². The average molecular weight is 249 g/mol. The Kier molecular flexibility index (Phi) is 4.53. The van der Waals surface area contributed by atoms with Gasteiger partial charge in [0.05, 0.1) is 11.4 Å². The molecule has 0 aromatic carbocycles. The molecule has 1 unspecified atom stereocenters. The van der Waals surface area contributed by atoms with E-state index in [2.05, 4.69) is 34.6 Å². The van der Waals surface area contributed by atoms with Crippen molar-refractivity contribution in [1.82, 2.24) is 14.7 Å². The summed E-state index contributed by atoms with van der Waals surface area (Å²) in [6.45, 7) is 8.10. The Balaban J connectivity index is 2.03. The van der Waals surface area contributed by atoms with E-state index < -0.39 is 0 Å². The van der Waals surface area contributed by atoms with Crippen molar-refractivity contribution in [2.24, 2.45) is 5.92 Å². The molecule has 0 saturated carbocycles. The summed E-state index contributed by atoms with van der Waals surface area (Å²) in [6, 6.07) is 2.20. The predicted molar refractivity (Wildman–Crippen MR) is 71.3 cm³/mol. The van der Waals surface area contributed by atoms with Crippen LogP contribution in [0.15, 0.2) is 6.07 Å². The highest BCUT2D eigenvalue weighted by molar-refractivity contribution is 5.53. The standard InChI is InChI=1S/C14H23N3O/c1-3-13-8-14(17(4-2)15-13)10-16-7-5-6-12(9-16)11-18/h8,11-12H,3-7,9-10H2,1-2H3. The average Bonchev–Trinajstić information content (AvgIpc) is 2.81. The molecule has 2 rings (SSSR count). The molecule has 1 aliphatic heterocycles. The van der Waals surface area contributed by atoms with E-state index in [1.807, 2.05) is 0 Å². The lowest BCUT2D eigenvalue weighted by molar-refractivity contribution is -0.112. The van der Waals surface area contributed by atoms with Gasteiger partial charge in [0.25, 0.3) is 0 Å². The zero-order valence-corrected chi connectivity index (χ0v) is 11.4. The molecule has 4 heteroatoms. The van der Waals surface area contributed by atoms with Crippen LogP contribution in [0.3, 0.4) is 0 Å². The van der Waals surface area contributed by atoms with Gasteiger partial charge in [0, 0.05) is 25.6 Å². The Labute approximate surface area is 109 Å². The van der Waals surface area contributed by atoms with Gasteiger partial charge in [-0.15, -0.1) is 0 Å². The maximum Gasteiger partial charge on any atom is 0.124 e. The van der Waals surface area contributed by atoms with Crippen molar-refractivity contribution in [3.63, 3.8) is 0 Å². The zero-order valence-electron chi connectivity index (χ0n) is 11.4. The Morgan fingerprint density at radius 3 is 3.00 bits per heavy atom. The number of carbonyl (C=O) groups is 1. The van der Waals surface area contributed by atoms with Gasteiger partial charge >= 0.3 is 0 Å². The second-order valence-corrected chi connectivity index (χ2v) is 5.07. The van der Waals surface area contributed by atoms with Gasteiger partial charge in [0.2, 0.25) is 0 Å². The molecule has 0 radical (unpaired) electrons. The molecule has 0 N–H and O–H groups in total. The molecule has 1 fully saturated rings. The van der Waals surface area contributed by atoms with Crippen molar-refractivity contribution >= 4 is 6.29 Å². The van der Waals surface area contributed by atoms with Gasteiger partial charge in [-0.25, -0.2) is 0 Å². The third-order valence-corrected chi connectivity index (χ3v) is 3.70. The summed E-state index contributed by atoms with van der Waals surface area (Å²) in [5, 5.41) is 4.57. The van der Waals surface area contributed by atoms with Crippen LogP contribution in [0.25, 0.3) is 0 Å². The maximum absolute atomic E-state index is 10.9. The van der Waals surface area contributed by atoms with Crippen molar-refractivity contribution in [3.05, 3.63) is 17.5 Å². The first-order chi connectivity index (χ1) is 8.76. The van der Waals surface area contributed by atoms with Crippen LogP contribution in [0.1, 0.15) is 38.1 Å². The minimum atomic E-state index is 0.224. The number of aldehydes is 1. The Bertz CT molecular complexity index is 400. The third-order valence-electron chi connectivity index (χ3n) is 3.70. The van der Waals surface area contributed by atoms with E-state index in [9.17, 15) is 4.79 Å². The molecule has 100 valence electrons. The highest BCUT2D eigenvalue weighted by atomic mass is 16.1. The largest absolute Gasteiger partial charge is 0.303 e. The minimum absolute atomic E-state index is 0.224. The van der Waals surface area contributed by atoms with Gasteiger partial charge in [0.15, 0.2) is 0 Å². The van der Waals surface area contributed by atoms with E-state index in [0.29, 0.717) is 0 Å². The lowest BCUT2D eigenvalue weighted by Crippen LogP contribution is -2.36. The summed E-state index contributed by atoms with van der Waals surface area (Å²) in [6.07, 6.45) is 4.27. The SMILES string of the molecule is CCc1cc(CN2CCCC(C=O)C2)n(CC)n1. The number of rotatable bonds is 5. The molecule has 1 atom stereocenters. The van der Waals surface area contributed by atoms with Gasteiger partial charge in [-0.05, 0) is 38.8 Å². The molecule has 1 aromatic rings. The second kappa shape index (κ2) is 6.14. The Morgan fingerprint density at radius 1 is 1.50 bits per heavy atom. The molecule has 1 aliphatic rings. The number of likely N-dealkylation sites (tertiary alicyclic amines) is 1. The van der Waals surface area contributed by atoms with Gasteiger partial charge in [-0.1, -0.05) is 6.92 Å². The molecular formula is C14H23N3O. The van der Waals surface area contributed by atoms with Crippen LogP contribution in [-0.4, -0.2) is 34.1 Å². The molecule has 0 amide bonds. The highest BCUT2D eigenvalue weighted by Gasteiger charge is 2.20. The van der Waals surface area contributed by atoms with Gasteiger partial charge in [0.1, 0.15) is 6.29 Å². The maximum atomic E-state index is 10.9. The van der Waals surface area contributed by atoms with Crippen LogP contribution in [-0.2, 0) is 24.3 Å². The Morgan fingerprint density at radius 2 is 2.33 bits per heavy atom. The van der Waals surface area contributed by atoms with Crippen LogP contribution >= 0.6 is 0 Å². The summed E-state index contributed by atoms with van der Waals surface area (Å²) in [7, 11) is 0. The summed E-state index contributed by atoms with van der Waals surface area (Å²) >= 11 is 0. The van der Waals surface area contributed by atoms with Crippen LogP contribution < -0.4 is 0 Å². The highest BCUT2D eigenvalue weighted by Crippen LogP contribution is 2.17. The fourth-order valence-corrected chi connectivity index (χ4v) is 2.66. The quantitative estimate of drug-likeness (QED) is 0.748. The normalized spacial score (nSPS) is 21.1. The monoisotopic (exact) mass is 249 g/mol. The summed E-state index contributed by atoms with van der Waals surface area (Å²) in [5.41, 5.74) is 2.44. The molecule has 0 aliphatic carbocycles. The number of aryl methyl sites for hydroxylation is 2. The summed E-state index contributed by atoms with van der Waals surface area (Å²) < 4.78 is 2.09. The first kappa shape index (κ1) is 13.3. The molecule has 1 saturated heterocycles. The van der Waals surface area contributed by atoms with E-state index in [-0.39, 0.29) is 5.92 Å². The summed E-state index contributed by atoms with van der Waals surface area (Å²) in [5.74, 6) is 0.224. The fraction of sp³-hybridized carbons (Fsp3) is 0.714. The molecule has 0 spiro atoms. The van der Waals surface area contributed by atoms with Gasteiger partial charge in [-0.3, -0.25) is 9.58 Å². The lowest BCUT2D eigenvalue weighted by Gasteiger charge is -2.30. The number of aromatic nitrogens is 2. The number of piperidine rings is 1. The summed E-state index contributed by atoms with van der Waals surface area (Å²) in [4.78, 5) is 13.3. The van der Waals surface area contributed by atoms with Gasteiger partial charge in [-0.2, -0.15) is 5.10 Å². The van der Waals surface area contributed by atoms with Gasteiger partial charge < -0.3 is 4.79 Å². The lowest BCUT2D eigenvalue weighted by atomic mass is 9.99. The van der Waals surface area contributed by atoms with E-state index in [1.54, 1.807) is 0 Å². The van der Waals surface area contributed by atoms with Crippen LogP contribution in [0.4, 0.5) is 0 Å². The van der Waals surface area contributed by atoms with E-state index in [0.717, 1.165) is 57.4 Å². The van der Waals surface area contributed by atoms with E-state index in [1.165, 1.54) is 5.69 Å². The minimum Gasteiger partial charge on any atom is -0.303 e. The van der Waals surface area contributed by atoms with Crippen LogP contribution in [0.5, 0.6) is 0 Å². The molecular weight excluding hydrogens is 226 g/mol.